The van der Waals surface area contributed by atoms with Crippen LogP contribution in [0.1, 0.15) is 51.0 Å². The SMILES string of the molecule is CC(C)c1c(Cl)[nH]c(=O)n(CC2(C3CC3)CC2)c1=O. The van der Waals surface area contributed by atoms with Crippen LogP contribution in [0.25, 0.3) is 0 Å². The van der Waals surface area contributed by atoms with Crippen LogP contribution >= 0.6 is 11.6 Å². The van der Waals surface area contributed by atoms with Gasteiger partial charge in [-0.1, -0.05) is 25.4 Å². The molecule has 0 atom stereocenters. The molecule has 4 nitrogen and oxygen atoms in total. The average Bonchev–Trinajstić information content (AvgIpc) is 3.15. The van der Waals surface area contributed by atoms with E-state index in [-0.39, 0.29) is 27.7 Å². The monoisotopic (exact) mass is 282 g/mol. The third-order valence-corrected chi connectivity index (χ3v) is 4.86. The smallest absolute Gasteiger partial charge is 0.297 e. The minimum absolute atomic E-state index is 0.0131. The molecule has 0 amide bonds. The molecule has 2 aliphatic carbocycles. The normalized spacial score (nSPS) is 20.8. The second kappa shape index (κ2) is 4.23. The minimum Gasteiger partial charge on any atom is -0.297 e. The van der Waals surface area contributed by atoms with E-state index >= 15 is 0 Å². The fraction of sp³-hybridized carbons (Fsp3) is 0.714. The first-order valence-corrected chi connectivity index (χ1v) is 7.35. The zero-order valence-electron chi connectivity index (χ0n) is 11.3. The highest BCUT2D eigenvalue weighted by molar-refractivity contribution is 6.30. The Labute approximate surface area is 116 Å². The molecule has 2 fully saturated rings. The molecule has 2 saturated carbocycles. The third-order valence-electron chi connectivity index (χ3n) is 4.56. The van der Waals surface area contributed by atoms with E-state index in [9.17, 15) is 9.59 Å². The van der Waals surface area contributed by atoms with E-state index < -0.39 is 0 Å². The Kier molecular flexibility index (Phi) is 2.89. The van der Waals surface area contributed by atoms with Crippen LogP contribution in [0.2, 0.25) is 5.15 Å². The molecule has 104 valence electrons. The van der Waals surface area contributed by atoms with Gasteiger partial charge < -0.3 is 0 Å². The van der Waals surface area contributed by atoms with Crippen molar-refractivity contribution in [1.82, 2.24) is 9.55 Å². The van der Waals surface area contributed by atoms with Crippen LogP contribution in [0.3, 0.4) is 0 Å². The van der Waals surface area contributed by atoms with E-state index in [0.29, 0.717) is 12.1 Å². The number of aromatic nitrogens is 2. The zero-order valence-corrected chi connectivity index (χ0v) is 12.1. The highest BCUT2D eigenvalue weighted by atomic mass is 35.5. The number of halogens is 1. The van der Waals surface area contributed by atoms with Gasteiger partial charge in [-0.3, -0.25) is 14.3 Å². The Morgan fingerprint density at radius 1 is 1.37 bits per heavy atom. The van der Waals surface area contributed by atoms with Gasteiger partial charge in [-0.15, -0.1) is 0 Å². The highest BCUT2D eigenvalue weighted by Crippen LogP contribution is 2.61. The van der Waals surface area contributed by atoms with Crippen LogP contribution in [-0.4, -0.2) is 9.55 Å². The number of hydrogen-bond donors (Lipinski definition) is 1. The number of rotatable bonds is 4. The van der Waals surface area contributed by atoms with E-state index in [1.54, 1.807) is 0 Å². The number of nitrogens with one attached hydrogen (secondary N) is 1. The van der Waals surface area contributed by atoms with Crippen LogP contribution in [0, 0.1) is 11.3 Å². The molecule has 0 spiro atoms. The van der Waals surface area contributed by atoms with Gasteiger partial charge in [-0.2, -0.15) is 0 Å². The minimum atomic E-state index is -0.369. The van der Waals surface area contributed by atoms with Crippen molar-refractivity contribution in [1.29, 1.82) is 0 Å². The van der Waals surface area contributed by atoms with Crippen molar-refractivity contribution < 1.29 is 0 Å². The number of hydrogen-bond acceptors (Lipinski definition) is 2. The van der Waals surface area contributed by atoms with Crippen LogP contribution in [0.15, 0.2) is 9.59 Å². The molecule has 0 aromatic carbocycles. The summed E-state index contributed by atoms with van der Waals surface area (Å²) in [4.78, 5) is 27.1. The number of H-pyrrole nitrogens is 1. The Morgan fingerprint density at radius 2 is 2.00 bits per heavy atom. The molecule has 2 aliphatic rings. The van der Waals surface area contributed by atoms with Gasteiger partial charge >= 0.3 is 5.69 Å². The first kappa shape index (κ1) is 13.0. The van der Waals surface area contributed by atoms with Crippen molar-refractivity contribution in [3.63, 3.8) is 0 Å². The molecule has 0 radical (unpaired) electrons. The summed E-state index contributed by atoms with van der Waals surface area (Å²) in [5.74, 6) is 0.733. The van der Waals surface area contributed by atoms with Crippen molar-refractivity contribution >= 4 is 11.6 Å². The van der Waals surface area contributed by atoms with E-state index in [1.807, 2.05) is 13.8 Å². The van der Waals surface area contributed by atoms with Crippen LogP contribution in [0.4, 0.5) is 0 Å². The largest absolute Gasteiger partial charge is 0.329 e. The first-order chi connectivity index (χ1) is 8.94. The van der Waals surface area contributed by atoms with Crippen LogP contribution in [0.5, 0.6) is 0 Å². The van der Waals surface area contributed by atoms with Crippen molar-refractivity contribution in [2.24, 2.45) is 11.3 Å². The predicted molar refractivity (Wildman–Crippen MR) is 74.8 cm³/mol. The molecular formula is C14H19ClN2O2. The zero-order chi connectivity index (χ0) is 13.8. The Bertz CT molecular complexity index is 621. The van der Waals surface area contributed by atoms with Gasteiger partial charge in [-0.05, 0) is 42.9 Å². The summed E-state index contributed by atoms with van der Waals surface area (Å²) in [6.07, 6.45) is 4.78. The van der Waals surface area contributed by atoms with Gasteiger partial charge in [0.1, 0.15) is 5.15 Å². The molecular weight excluding hydrogens is 264 g/mol. The Balaban J connectivity index is 2.03. The summed E-state index contributed by atoms with van der Waals surface area (Å²) in [5.41, 5.74) is 0.161. The van der Waals surface area contributed by atoms with Gasteiger partial charge in [0.2, 0.25) is 0 Å². The summed E-state index contributed by atoms with van der Waals surface area (Å²) in [5, 5.41) is 0.192. The molecule has 5 heteroatoms. The fourth-order valence-electron chi connectivity index (χ4n) is 3.07. The van der Waals surface area contributed by atoms with Crippen molar-refractivity contribution in [3.8, 4) is 0 Å². The van der Waals surface area contributed by atoms with Crippen molar-refractivity contribution in [3.05, 3.63) is 31.6 Å². The number of aromatic amines is 1. The predicted octanol–water partition coefficient (Wildman–Crippen LogP) is 2.50. The standard InChI is InChI=1S/C14H19ClN2O2/c1-8(2)10-11(15)16-13(19)17(12(10)18)7-14(5-6-14)9-3-4-9/h8-9H,3-7H2,1-2H3,(H,16,19). The van der Waals surface area contributed by atoms with Crippen LogP contribution in [-0.2, 0) is 6.54 Å². The summed E-state index contributed by atoms with van der Waals surface area (Å²) < 4.78 is 1.37. The van der Waals surface area contributed by atoms with Crippen molar-refractivity contribution in [2.75, 3.05) is 0 Å². The maximum Gasteiger partial charge on any atom is 0.329 e. The summed E-state index contributed by atoms with van der Waals surface area (Å²) in [6.45, 7) is 4.39. The molecule has 1 N–H and O–H groups in total. The van der Waals surface area contributed by atoms with E-state index in [4.69, 9.17) is 11.6 Å². The topological polar surface area (TPSA) is 54.9 Å². The molecule has 0 aliphatic heterocycles. The highest BCUT2D eigenvalue weighted by Gasteiger charge is 2.54. The lowest BCUT2D eigenvalue weighted by Gasteiger charge is -2.17. The Morgan fingerprint density at radius 3 is 2.47 bits per heavy atom. The molecule has 0 saturated heterocycles. The van der Waals surface area contributed by atoms with E-state index in [0.717, 1.165) is 18.8 Å². The maximum atomic E-state index is 12.5. The lowest BCUT2D eigenvalue weighted by atomic mass is 10.0. The molecule has 0 bridgehead atoms. The summed E-state index contributed by atoms with van der Waals surface area (Å²) in [6, 6.07) is 0. The van der Waals surface area contributed by atoms with E-state index in [2.05, 4.69) is 4.98 Å². The average molecular weight is 283 g/mol. The van der Waals surface area contributed by atoms with Crippen molar-refractivity contribution in [2.45, 2.75) is 52.0 Å². The Hall–Kier alpha value is -1.03. The summed E-state index contributed by atoms with van der Waals surface area (Å²) >= 11 is 5.99. The molecule has 0 unspecified atom stereocenters. The second-order valence-corrected chi connectivity index (χ2v) is 6.72. The maximum absolute atomic E-state index is 12.5. The molecule has 1 aromatic heterocycles. The first-order valence-electron chi connectivity index (χ1n) is 6.97. The van der Waals surface area contributed by atoms with Gasteiger partial charge in [-0.25, -0.2) is 4.79 Å². The molecule has 1 aromatic rings. The molecule has 3 rings (SSSR count). The van der Waals surface area contributed by atoms with E-state index in [1.165, 1.54) is 17.4 Å². The van der Waals surface area contributed by atoms with Gasteiger partial charge in [0, 0.05) is 6.54 Å². The third kappa shape index (κ3) is 2.16. The van der Waals surface area contributed by atoms with Gasteiger partial charge in [0.15, 0.2) is 0 Å². The fourth-order valence-corrected chi connectivity index (χ4v) is 3.45. The van der Waals surface area contributed by atoms with Gasteiger partial charge in [0.25, 0.3) is 5.56 Å². The second-order valence-electron chi connectivity index (χ2n) is 6.34. The van der Waals surface area contributed by atoms with Gasteiger partial charge in [0.05, 0.1) is 5.56 Å². The molecule has 1 heterocycles. The summed E-state index contributed by atoms with van der Waals surface area (Å²) in [7, 11) is 0. The quantitative estimate of drug-likeness (QED) is 0.863. The lowest BCUT2D eigenvalue weighted by Crippen LogP contribution is -2.40. The lowest BCUT2D eigenvalue weighted by molar-refractivity contribution is 0.355. The van der Waals surface area contributed by atoms with Crippen LogP contribution < -0.4 is 11.2 Å². The molecule has 19 heavy (non-hydrogen) atoms. The number of nitrogens with zero attached hydrogens (tertiary/aromatic N) is 1.